The van der Waals surface area contributed by atoms with Crippen LogP contribution in [-0.4, -0.2) is 0 Å². The Bertz CT molecular complexity index is 319. The molecule has 0 aromatic heterocycles. The summed E-state index contributed by atoms with van der Waals surface area (Å²) in [6.07, 6.45) is 3.98. The molecule has 0 nitrogen and oxygen atoms in total. The molecule has 0 saturated heterocycles. The van der Waals surface area contributed by atoms with Gasteiger partial charge in [-0.05, 0) is 47.8 Å². The molecule has 0 spiro atoms. The zero-order chi connectivity index (χ0) is 10.1. The molecule has 1 aromatic carbocycles. The Morgan fingerprint density at radius 3 is 2.50 bits per heavy atom. The van der Waals surface area contributed by atoms with E-state index in [4.69, 9.17) is 0 Å². The molecule has 1 radical (unpaired) electrons. The van der Waals surface area contributed by atoms with Gasteiger partial charge in [0.05, 0.1) is 0 Å². The van der Waals surface area contributed by atoms with Gasteiger partial charge >= 0.3 is 0 Å². The second kappa shape index (κ2) is 3.76. The summed E-state index contributed by atoms with van der Waals surface area (Å²) in [5, 5.41) is 0. The van der Waals surface area contributed by atoms with Crippen molar-refractivity contribution in [3.63, 3.8) is 0 Å². The first-order valence-electron chi connectivity index (χ1n) is 5.65. The smallest absolute Gasteiger partial charge is 0.00119 e. The first-order valence-corrected chi connectivity index (χ1v) is 5.65. The lowest BCUT2D eigenvalue weighted by Crippen LogP contribution is -1.95. The maximum atomic E-state index is 2.41. The molecule has 0 unspecified atom stereocenters. The summed E-state index contributed by atoms with van der Waals surface area (Å²) in [4.78, 5) is 0. The van der Waals surface area contributed by atoms with E-state index in [9.17, 15) is 0 Å². The van der Waals surface area contributed by atoms with Crippen molar-refractivity contribution < 1.29 is 0 Å². The maximum absolute atomic E-state index is 2.41. The van der Waals surface area contributed by atoms with Crippen LogP contribution < -0.4 is 0 Å². The van der Waals surface area contributed by atoms with E-state index in [2.05, 4.69) is 39.0 Å². The summed E-state index contributed by atoms with van der Waals surface area (Å²) in [5.74, 6) is 2.30. The van der Waals surface area contributed by atoms with Crippen LogP contribution in [0.4, 0.5) is 0 Å². The predicted octanol–water partition coefficient (Wildman–Crippen LogP) is 4.09. The van der Waals surface area contributed by atoms with E-state index in [0.717, 1.165) is 5.92 Å². The Morgan fingerprint density at radius 1 is 1.29 bits per heavy atom. The number of rotatable bonds is 3. The quantitative estimate of drug-likeness (QED) is 0.668. The molecular formula is C14H19. The third-order valence-corrected chi connectivity index (χ3v) is 3.12. The first-order chi connectivity index (χ1) is 6.72. The van der Waals surface area contributed by atoms with Crippen LogP contribution in [0.5, 0.6) is 0 Å². The van der Waals surface area contributed by atoms with Crippen molar-refractivity contribution in [2.24, 2.45) is 0 Å². The average Bonchev–Trinajstić information content (AvgIpc) is 3.00. The van der Waals surface area contributed by atoms with E-state index in [1.807, 2.05) is 0 Å². The summed E-state index contributed by atoms with van der Waals surface area (Å²) in [6.45, 7) is 6.64. The molecule has 1 aliphatic rings. The van der Waals surface area contributed by atoms with Gasteiger partial charge in [0.25, 0.3) is 0 Å². The van der Waals surface area contributed by atoms with Crippen molar-refractivity contribution in [3.05, 3.63) is 40.8 Å². The molecule has 0 aliphatic heterocycles. The van der Waals surface area contributed by atoms with Gasteiger partial charge in [0.15, 0.2) is 0 Å². The van der Waals surface area contributed by atoms with Crippen LogP contribution in [0.15, 0.2) is 18.2 Å². The van der Waals surface area contributed by atoms with Gasteiger partial charge in [0.2, 0.25) is 0 Å². The highest BCUT2D eigenvalue weighted by molar-refractivity contribution is 5.41. The van der Waals surface area contributed by atoms with Crippen LogP contribution in [0, 0.1) is 5.92 Å². The van der Waals surface area contributed by atoms with E-state index in [1.54, 1.807) is 11.1 Å². The fourth-order valence-electron chi connectivity index (χ4n) is 2.00. The van der Waals surface area contributed by atoms with Crippen molar-refractivity contribution in [1.29, 1.82) is 0 Å². The molecule has 1 fully saturated rings. The zero-order valence-corrected chi connectivity index (χ0v) is 9.43. The minimum absolute atomic E-state index is 0.879. The Morgan fingerprint density at radius 2 is 2.00 bits per heavy atom. The molecule has 0 amide bonds. The molecular weight excluding hydrogens is 168 g/mol. The summed E-state index contributed by atoms with van der Waals surface area (Å²) in [6, 6.07) is 6.99. The summed E-state index contributed by atoms with van der Waals surface area (Å²) in [7, 11) is 0. The third-order valence-electron chi connectivity index (χ3n) is 3.12. The SMILES string of the molecule is CCc1ccc([C](C)C)cc1C1CC1. The van der Waals surface area contributed by atoms with E-state index >= 15 is 0 Å². The van der Waals surface area contributed by atoms with Gasteiger partial charge in [0, 0.05) is 0 Å². The van der Waals surface area contributed by atoms with Crippen molar-refractivity contribution in [2.45, 2.75) is 46.0 Å². The lowest BCUT2D eigenvalue weighted by atomic mass is 9.94. The Kier molecular flexibility index (Phi) is 2.62. The monoisotopic (exact) mass is 187 g/mol. The third kappa shape index (κ3) is 1.84. The minimum atomic E-state index is 0.879. The van der Waals surface area contributed by atoms with Crippen LogP contribution in [0.1, 0.15) is 56.2 Å². The van der Waals surface area contributed by atoms with E-state index in [1.165, 1.54) is 30.7 Å². The number of benzene rings is 1. The Balaban J connectivity index is 2.36. The number of hydrogen-bond acceptors (Lipinski definition) is 0. The topological polar surface area (TPSA) is 0 Å². The molecule has 0 N–H and O–H groups in total. The zero-order valence-electron chi connectivity index (χ0n) is 9.43. The molecule has 75 valence electrons. The van der Waals surface area contributed by atoms with E-state index < -0.39 is 0 Å². The average molecular weight is 187 g/mol. The van der Waals surface area contributed by atoms with Crippen molar-refractivity contribution in [3.8, 4) is 0 Å². The highest BCUT2D eigenvalue weighted by atomic mass is 14.3. The van der Waals surface area contributed by atoms with Gasteiger partial charge < -0.3 is 0 Å². The Labute approximate surface area is 87.3 Å². The van der Waals surface area contributed by atoms with Gasteiger partial charge in [0.1, 0.15) is 0 Å². The molecule has 1 aromatic rings. The second-order valence-electron chi connectivity index (χ2n) is 4.54. The van der Waals surface area contributed by atoms with Crippen molar-refractivity contribution in [1.82, 2.24) is 0 Å². The fourth-order valence-corrected chi connectivity index (χ4v) is 2.00. The first kappa shape index (κ1) is 9.76. The van der Waals surface area contributed by atoms with Gasteiger partial charge in [-0.15, -0.1) is 0 Å². The molecule has 0 heterocycles. The van der Waals surface area contributed by atoms with Crippen LogP contribution >= 0.6 is 0 Å². The molecule has 1 aliphatic carbocycles. The lowest BCUT2D eigenvalue weighted by molar-refractivity contribution is 1.01. The van der Waals surface area contributed by atoms with Gasteiger partial charge in [-0.1, -0.05) is 39.0 Å². The molecule has 0 atom stereocenters. The molecule has 1 saturated carbocycles. The normalized spacial score (nSPS) is 16.3. The Hall–Kier alpha value is -0.780. The summed E-state index contributed by atoms with van der Waals surface area (Å²) >= 11 is 0. The van der Waals surface area contributed by atoms with Gasteiger partial charge in [-0.2, -0.15) is 0 Å². The maximum Gasteiger partial charge on any atom is -0.00119 e. The van der Waals surface area contributed by atoms with Gasteiger partial charge in [-0.25, -0.2) is 0 Å². The van der Waals surface area contributed by atoms with Crippen LogP contribution in [0.2, 0.25) is 0 Å². The molecule has 2 rings (SSSR count). The standard InChI is InChI=1S/C14H19/c1-4-11-5-8-13(10(2)3)9-14(11)12-6-7-12/h5,8-9,12H,4,6-7H2,1-3H3. The fraction of sp³-hybridized carbons (Fsp3) is 0.500. The van der Waals surface area contributed by atoms with Crippen LogP contribution in [0.25, 0.3) is 0 Å². The highest BCUT2D eigenvalue weighted by Gasteiger charge is 2.25. The largest absolute Gasteiger partial charge is 0.0613 e. The second-order valence-corrected chi connectivity index (χ2v) is 4.54. The number of aryl methyl sites for hydroxylation is 1. The van der Waals surface area contributed by atoms with Crippen molar-refractivity contribution in [2.75, 3.05) is 0 Å². The van der Waals surface area contributed by atoms with E-state index in [-0.39, 0.29) is 0 Å². The molecule has 0 bridgehead atoms. The molecule has 14 heavy (non-hydrogen) atoms. The van der Waals surface area contributed by atoms with Crippen LogP contribution in [0.3, 0.4) is 0 Å². The summed E-state index contributed by atoms with van der Waals surface area (Å²) in [5.41, 5.74) is 4.59. The van der Waals surface area contributed by atoms with Crippen molar-refractivity contribution >= 4 is 0 Å². The summed E-state index contributed by atoms with van der Waals surface area (Å²) < 4.78 is 0. The van der Waals surface area contributed by atoms with Gasteiger partial charge in [-0.3, -0.25) is 0 Å². The predicted molar refractivity (Wildman–Crippen MR) is 61.5 cm³/mol. The number of hydrogen-bond donors (Lipinski definition) is 0. The minimum Gasteiger partial charge on any atom is -0.0613 e. The lowest BCUT2D eigenvalue weighted by Gasteiger charge is -2.11. The highest BCUT2D eigenvalue weighted by Crippen LogP contribution is 2.42. The van der Waals surface area contributed by atoms with E-state index in [0.29, 0.717) is 0 Å². The molecule has 0 heteroatoms. The van der Waals surface area contributed by atoms with Crippen LogP contribution in [-0.2, 0) is 6.42 Å².